The largest absolute Gasteiger partial charge is 0.507 e. The number of carboxylic acids is 1. The fourth-order valence-corrected chi connectivity index (χ4v) is 2.23. The first-order valence-corrected chi connectivity index (χ1v) is 4.56. The Bertz CT molecular complexity index is 518. The van der Waals surface area contributed by atoms with Crippen molar-refractivity contribution in [1.82, 2.24) is 0 Å². The summed E-state index contributed by atoms with van der Waals surface area (Å²) in [4.78, 5) is 10.7. The van der Waals surface area contributed by atoms with Crippen LogP contribution >= 0.6 is 11.3 Å². The van der Waals surface area contributed by atoms with Crippen molar-refractivity contribution >= 4 is 27.4 Å². The predicted octanol–water partition coefficient (Wildman–Crippen LogP) is 2.44. The number of rotatable bonds is 1. The molecule has 0 radical (unpaired) electrons. The summed E-state index contributed by atoms with van der Waals surface area (Å²) in [6.07, 6.45) is 0. The lowest BCUT2D eigenvalue weighted by molar-refractivity contribution is 0.0695. The number of hydrogen-bond acceptors (Lipinski definition) is 3. The van der Waals surface area contributed by atoms with Gasteiger partial charge in [0, 0.05) is 4.70 Å². The number of carbonyl (C=O) groups is 1. The van der Waals surface area contributed by atoms with Crippen LogP contribution in [0.2, 0.25) is 0 Å². The molecule has 2 N–H and O–H groups in total. The number of phenolic OH excluding ortho intramolecular Hbond substituents is 1. The summed E-state index contributed by atoms with van der Waals surface area (Å²) >= 11 is 0.714. The zero-order chi connectivity index (χ0) is 10.3. The first kappa shape index (κ1) is 8.96. The summed E-state index contributed by atoms with van der Waals surface area (Å²) in [6, 6.07) is 4.44. The molecule has 0 amide bonds. The summed E-state index contributed by atoms with van der Waals surface area (Å²) in [6.45, 7) is 0. The minimum absolute atomic E-state index is 0.0718. The molecule has 1 heterocycles. The number of phenols is 1. The molecular weight excluding hydrogens is 207 g/mol. The van der Waals surface area contributed by atoms with Crippen LogP contribution in [0.15, 0.2) is 18.2 Å². The number of carboxylic acid groups (broad SMARTS) is 1. The van der Waals surface area contributed by atoms with Crippen LogP contribution in [0.25, 0.3) is 10.1 Å². The molecule has 1 aromatic heterocycles. The van der Waals surface area contributed by atoms with Crippen molar-refractivity contribution in [3.05, 3.63) is 28.9 Å². The zero-order valence-electron chi connectivity index (χ0n) is 6.82. The average molecular weight is 212 g/mol. The van der Waals surface area contributed by atoms with Gasteiger partial charge in [-0.1, -0.05) is 6.07 Å². The first-order chi connectivity index (χ1) is 6.61. The van der Waals surface area contributed by atoms with Gasteiger partial charge in [0.1, 0.15) is 11.3 Å². The molecule has 5 heteroatoms. The highest BCUT2D eigenvalue weighted by Crippen LogP contribution is 2.35. The molecule has 0 fully saturated rings. The molecule has 0 atom stereocenters. The van der Waals surface area contributed by atoms with Crippen molar-refractivity contribution in [3.8, 4) is 5.75 Å². The van der Waals surface area contributed by atoms with Crippen LogP contribution in [0.1, 0.15) is 10.4 Å². The Morgan fingerprint density at radius 2 is 2.14 bits per heavy atom. The zero-order valence-corrected chi connectivity index (χ0v) is 7.64. The van der Waals surface area contributed by atoms with E-state index in [1.165, 1.54) is 6.07 Å². The van der Waals surface area contributed by atoms with Crippen molar-refractivity contribution in [3.63, 3.8) is 0 Å². The van der Waals surface area contributed by atoms with E-state index in [9.17, 15) is 14.3 Å². The fraction of sp³-hybridized carbons (Fsp3) is 0. The molecule has 0 aliphatic heterocycles. The number of thiophene rings is 1. The Morgan fingerprint density at radius 1 is 1.43 bits per heavy atom. The number of fused-ring (bicyclic) bond motifs is 1. The van der Waals surface area contributed by atoms with Crippen LogP contribution in [0.4, 0.5) is 4.39 Å². The van der Waals surface area contributed by atoms with E-state index in [1.54, 1.807) is 12.1 Å². The maximum atomic E-state index is 13.2. The minimum Gasteiger partial charge on any atom is -0.507 e. The summed E-state index contributed by atoms with van der Waals surface area (Å²) < 4.78 is 13.6. The van der Waals surface area contributed by atoms with Crippen LogP contribution in [0.5, 0.6) is 5.75 Å². The number of aromatic carboxylic acids is 1. The first-order valence-electron chi connectivity index (χ1n) is 3.74. The van der Waals surface area contributed by atoms with E-state index in [4.69, 9.17) is 5.11 Å². The van der Waals surface area contributed by atoms with Crippen LogP contribution in [-0.4, -0.2) is 16.2 Å². The van der Waals surface area contributed by atoms with E-state index in [-0.39, 0.29) is 11.1 Å². The molecule has 72 valence electrons. The topological polar surface area (TPSA) is 57.5 Å². The maximum absolute atomic E-state index is 13.2. The van der Waals surface area contributed by atoms with Gasteiger partial charge < -0.3 is 10.2 Å². The lowest BCUT2D eigenvalue weighted by atomic mass is 10.1. The van der Waals surface area contributed by atoms with E-state index in [2.05, 4.69) is 0 Å². The highest BCUT2D eigenvalue weighted by molar-refractivity contribution is 7.18. The van der Waals surface area contributed by atoms with E-state index in [1.807, 2.05) is 0 Å². The fourth-order valence-electron chi connectivity index (χ4n) is 1.29. The van der Waals surface area contributed by atoms with Crippen LogP contribution in [0, 0.1) is 5.13 Å². The SMILES string of the molecule is O=C(O)c1c(F)sc2cccc(O)c12. The van der Waals surface area contributed by atoms with Gasteiger partial charge in [-0.2, -0.15) is 4.39 Å². The van der Waals surface area contributed by atoms with Gasteiger partial charge in [0.25, 0.3) is 0 Å². The third kappa shape index (κ3) is 1.13. The van der Waals surface area contributed by atoms with Gasteiger partial charge in [-0.05, 0) is 12.1 Å². The Morgan fingerprint density at radius 3 is 2.79 bits per heavy atom. The third-order valence-corrected chi connectivity index (χ3v) is 2.81. The van der Waals surface area contributed by atoms with E-state index in [0.717, 1.165) is 0 Å². The quantitative estimate of drug-likeness (QED) is 0.763. The van der Waals surface area contributed by atoms with Gasteiger partial charge in [-0.25, -0.2) is 4.79 Å². The van der Waals surface area contributed by atoms with Crippen molar-refractivity contribution in [2.75, 3.05) is 0 Å². The number of benzene rings is 1. The lowest BCUT2D eigenvalue weighted by Crippen LogP contribution is -1.96. The van der Waals surface area contributed by atoms with Gasteiger partial charge in [0.2, 0.25) is 0 Å². The van der Waals surface area contributed by atoms with Crippen molar-refractivity contribution < 1.29 is 19.4 Å². The van der Waals surface area contributed by atoms with Crippen LogP contribution < -0.4 is 0 Å². The van der Waals surface area contributed by atoms with E-state index in [0.29, 0.717) is 16.0 Å². The normalized spacial score (nSPS) is 10.6. The molecule has 3 nitrogen and oxygen atoms in total. The van der Waals surface area contributed by atoms with Crippen molar-refractivity contribution in [2.24, 2.45) is 0 Å². The average Bonchev–Trinajstić information content (AvgIpc) is 2.42. The Labute approximate surface area is 82.0 Å². The lowest BCUT2D eigenvalue weighted by Gasteiger charge is -1.95. The monoisotopic (exact) mass is 212 g/mol. The van der Waals surface area contributed by atoms with Crippen LogP contribution in [0.3, 0.4) is 0 Å². The molecule has 0 saturated carbocycles. The van der Waals surface area contributed by atoms with Gasteiger partial charge in [0.05, 0.1) is 5.39 Å². The smallest absolute Gasteiger partial charge is 0.340 e. The second kappa shape index (κ2) is 2.95. The molecule has 2 aromatic rings. The highest BCUT2D eigenvalue weighted by atomic mass is 32.1. The molecule has 0 bridgehead atoms. The highest BCUT2D eigenvalue weighted by Gasteiger charge is 2.20. The Balaban J connectivity index is 2.93. The number of hydrogen-bond donors (Lipinski definition) is 2. The summed E-state index contributed by atoms with van der Waals surface area (Å²) in [5.41, 5.74) is -0.455. The second-order valence-electron chi connectivity index (χ2n) is 2.71. The number of halogens is 1. The van der Waals surface area contributed by atoms with E-state index >= 15 is 0 Å². The van der Waals surface area contributed by atoms with Gasteiger partial charge in [0.15, 0.2) is 5.13 Å². The Kier molecular flexibility index (Phi) is 1.89. The Hall–Kier alpha value is -1.62. The predicted molar refractivity (Wildman–Crippen MR) is 50.4 cm³/mol. The summed E-state index contributed by atoms with van der Waals surface area (Å²) in [5, 5.41) is 17.4. The molecular formula is C9H5FO3S. The van der Waals surface area contributed by atoms with Crippen molar-refractivity contribution in [2.45, 2.75) is 0 Å². The summed E-state index contributed by atoms with van der Waals surface area (Å²) in [5.74, 6) is -1.57. The van der Waals surface area contributed by atoms with E-state index < -0.39 is 16.7 Å². The van der Waals surface area contributed by atoms with Gasteiger partial charge in [-0.3, -0.25) is 0 Å². The molecule has 0 unspecified atom stereocenters. The molecule has 0 aliphatic rings. The van der Waals surface area contributed by atoms with Gasteiger partial charge in [-0.15, -0.1) is 11.3 Å². The minimum atomic E-state index is -1.37. The molecule has 2 rings (SSSR count). The van der Waals surface area contributed by atoms with Crippen molar-refractivity contribution in [1.29, 1.82) is 0 Å². The third-order valence-electron chi connectivity index (χ3n) is 1.86. The van der Waals surface area contributed by atoms with Gasteiger partial charge >= 0.3 is 5.97 Å². The van der Waals surface area contributed by atoms with Crippen LogP contribution in [-0.2, 0) is 0 Å². The number of aromatic hydroxyl groups is 1. The second-order valence-corrected chi connectivity index (χ2v) is 3.71. The molecule has 0 aliphatic carbocycles. The maximum Gasteiger partial charge on any atom is 0.340 e. The summed E-state index contributed by atoms with van der Waals surface area (Å²) in [7, 11) is 0. The molecule has 1 aromatic carbocycles. The molecule has 0 saturated heterocycles. The molecule has 14 heavy (non-hydrogen) atoms. The molecule has 0 spiro atoms. The standard InChI is InChI=1S/C9H5FO3S/c10-8-7(9(12)13)6-4(11)2-1-3-5(6)14-8/h1-3,11H,(H,12,13).